The van der Waals surface area contributed by atoms with Gasteiger partial charge in [-0.25, -0.2) is 0 Å². The number of nitrogens with two attached hydrogens (primary N) is 2. The molecule has 0 amide bonds. The molecular weight excluding hydrogens is 585 g/mol. The fourth-order valence-corrected chi connectivity index (χ4v) is 7.92. The Kier molecular flexibility index (Phi) is 8.24. The van der Waals surface area contributed by atoms with Crippen LogP contribution in [0.3, 0.4) is 0 Å². The lowest BCUT2D eigenvalue weighted by Crippen LogP contribution is -2.34. The van der Waals surface area contributed by atoms with Crippen LogP contribution in [-0.2, 0) is 13.1 Å². The van der Waals surface area contributed by atoms with Gasteiger partial charge in [0.15, 0.2) is 12.4 Å². The SMILES string of the molecule is Nc1cc2c(c[n+](CCCCCCCCCC[n+]3cc4c5ccccc5c(N)cc4c4ccccc43)c3ccccc23)c2ccccc12. The lowest BCUT2D eigenvalue weighted by Gasteiger charge is -2.10. The van der Waals surface area contributed by atoms with Gasteiger partial charge in [-0.15, -0.1) is 0 Å². The molecular formula is C44H44N4+2. The topological polar surface area (TPSA) is 59.8 Å². The summed E-state index contributed by atoms with van der Waals surface area (Å²) >= 11 is 0. The van der Waals surface area contributed by atoms with Crippen LogP contribution in [0.5, 0.6) is 0 Å². The third-order valence-corrected chi connectivity index (χ3v) is 10.4. The van der Waals surface area contributed by atoms with Crippen molar-refractivity contribution in [1.82, 2.24) is 0 Å². The van der Waals surface area contributed by atoms with Crippen LogP contribution < -0.4 is 20.6 Å². The number of pyridine rings is 2. The van der Waals surface area contributed by atoms with E-state index in [0.29, 0.717) is 0 Å². The number of hydrogen-bond donors (Lipinski definition) is 2. The molecule has 8 rings (SSSR count). The number of aromatic nitrogens is 2. The highest BCUT2D eigenvalue weighted by Crippen LogP contribution is 2.34. The van der Waals surface area contributed by atoms with E-state index < -0.39 is 0 Å². The number of anilines is 2. The van der Waals surface area contributed by atoms with Crippen molar-refractivity contribution in [2.45, 2.75) is 64.5 Å². The van der Waals surface area contributed by atoms with Crippen LogP contribution >= 0.6 is 0 Å². The Morgan fingerprint density at radius 3 is 1.08 bits per heavy atom. The Balaban J connectivity index is 0.864. The van der Waals surface area contributed by atoms with Gasteiger partial charge in [-0.2, -0.15) is 9.13 Å². The zero-order valence-electron chi connectivity index (χ0n) is 27.7. The number of nitrogen functional groups attached to an aromatic ring is 2. The molecule has 0 aliphatic carbocycles. The Hall–Kier alpha value is -5.22. The number of hydrogen-bond acceptors (Lipinski definition) is 2. The average molecular weight is 629 g/mol. The first-order valence-electron chi connectivity index (χ1n) is 17.7. The van der Waals surface area contributed by atoms with Gasteiger partial charge in [0.2, 0.25) is 11.0 Å². The first kappa shape index (κ1) is 30.1. The summed E-state index contributed by atoms with van der Waals surface area (Å²) in [7, 11) is 0. The Bertz CT molecular complexity index is 2270. The van der Waals surface area contributed by atoms with E-state index in [2.05, 4.69) is 131 Å². The molecule has 2 aromatic heterocycles. The second kappa shape index (κ2) is 13.1. The van der Waals surface area contributed by atoms with Gasteiger partial charge < -0.3 is 11.5 Å². The summed E-state index contributed by atoms with van der Waals surface area (Å²) in [5.41, 5.74) is 17.3. The average Bonchev–Trinajstić information content (AvgIpc) is 3.13. The minimum Gasteiger partial charge on any atom is -0.398 e. The van der Waals surface area contributed by atoms with E-state index in [1.165, 1.54) is 105 Å². The van der Waals surface area contributed by atoms with E-state index in [9.17, 15) is 0 Å². The molecule has 0 aliphatic rings. The number of benzene rings is 6. The smallest absolute Gasteiger partial charge is 0.213 e. The highest BCUT2D eigenvalue weighted by atomic mass is 14.9. The molecule has 0 saturated carbocycles. The van der Waals surface area contributed by atoms with Crippen molar-refractivity contribution >= 4 is 76.3 Å². The van der Waals surface area contributed by atoms with Crippen LogP contribution in [0.25, 0.3) is 64.9 Å². The van der Waals surface area contributed by atoms with Crippen LogP contribution in [0.2, 0.25) is 0 Å². The van der Waals surface area contributed by atoms with Gasteiger partial charge in [-0.3, -0.25) is 0 Å². The first-order chi connectivity index (χ1) is 23.7. The molecule has 0 aliphatic heterocycles. The number of para-hydroxylation sites is 2. The fourth-order valence-electron chi connectivity index (χ4n) is 7.92. The summed E-state index contributed by atoms with van der Waals surface area (Å²) in [6.07, 6.45) is 14.8. The maximum absolute atomic E-state index is 6.49. The van der Waals surface area contributed by atoms with E-state index in [0.717, 1.165) is 35.2 Å². The van der Waals surface area contributed by atoms with E-state index in [1.54, 1.807) is 0 Å². The second-order valence-corrected chi connectivity index (χ2v) is 13.5. The van der Waals surface area contributed by atoms with Crippen molar-refractivity contribution in [2.75, 3.05) is 11.5 Å². The molecule has 0 spiro atoms. The summed E-state index contributed by atoms with van der Waals surface area (Å²) in [5.74, 6) is 0. The monoisotopic (exact) mass is 628 g/mol. The van der Waals surface area contributed by atoms with Crippen LogP contribution in [-0.4, -0.2) is 0 Å². The summed E-state index contributed by atoms with van der Waals surface area (Å²) in [5, 5.41) is 12.3. The maximum atomic E-state index is 6.49. The number of nitrogens with zero attached hydrogens (tertiary/aromatic N) is 2. The maximum Gasteiger partial charge on any atom is 0.213 e. The fraction of sp³-hybridized carbons (Fsp3) is 0.227. The van der Waals surface area contributed by atoms with E-state index in [-0.39, 0.29) is 0 Å². The molecule has 4 nitrogen and oxygen atoms in total. The summed E-state index contributed by atoms with van der Waals surface area (Å²) < 4.78 is 4.93. The van der Waals surface area contributed by atoms with Crippen molar-refractivity contribution in [3.05, 3.63) is 122 Å². The summed E-state index contributed by atoms with van der Waals surface area (Å²) in [6.45, 7) is 2.07. The highest BCUT2D eigenvalue weighted by molar-refractivity contribution is 6.19. The van der Waals surface area contributed by atoms with Crippen molar-refractivity contribution in [1.29, 1.82) is 0 Å². The minimum atomic E-state index is 0.849. The van der Waals surface area contributed by atoms with Gasteiger partial charge in [0.1, 0.15) is 13.1 Å². The predicted molar refractivity (Wildman–Crippen MR) is 204 cm³/mol. The van der Waals surface area contributed by atoms with Crippen LogP contribution in [0.1, 0.15) is 51.4 Å². The lowest BCUT2D eigenvalue weighted by atomic mass is 9.98. The van der Waals surface area contributed by atoms with E-state index in [1.807, 2.05) is 0 Å². The molecule has 2 heterocycles. The van der Waals surface area contributed by atoms with E-state index in [4.69, 9.17) is 11.5 Å². The molecule has 48 heavy (non-hydrogen) atoms. The quantitative estimate of drug-likeness (QED) is 0.0648. The Morgan fingerprint density at radius 1 is 0.333 bits per heavy atom. The minimum absolute atomic E-state index is 0.849. The zero-order valence-corrected chi connectivity index (χ0v) is 27.7. The number of rotatable bonds is 11. The number of aryl methyl sites for hydroxylation is 2. The third kappa shape index (κ3) is 5.56. The second-order valence-electron chi connectivity index (χ2n) is 13.5. The Morgan fingerprint density at radius 2 is 0.667 bits per heavy atom. The van der Waals surface area contributed by atoms with Crippen LogP contribution in [0.15, 0.2) is 122 Å². The van der Waals surface area contributed by atoms with Gasteiger partial charge in [0.25, 0.3) is 0 Å². The summed E-state index contributed by atoms with van der Waals surface area (Å²) in [4.78, 5) is 0. The van der Waals surface area contributed by atoms with Gasteiger partial charge in [0, 0.05) is 57.9 Å². The predicted octanol–water partition coefficient (Wildman–Crippen LogP) is 10.2. The molecule has 4 N–H and O–H groups in total. The summed E-state index contributed by atoms with van der Waals surface area (Å²) in [6, 6.07) is 38.9. The van der Waals surface area contributed by atoms with E-state index >= 15 is 0 Å². The molecule has 6 aromatic carbocycles. The van der Waals surface area contributed by atoms with Gasteiger partial charge in [-0.05, 0) is 47.9 Å². The van der Waals surface area contributed by atoms with Crippen molar-refractivity contribution in [3.63, 3.8) is 0 Å². The zero-order chi connectivity index (χ0) is 32.5. The van der Waals surface area contributed by atoms with Crippen LogP contribution in [0.4, 0.5) is 11.4 Å². The first-order valence-corrected chi connectivity index (χ1v) is 17.7. The molecule has 0 radical (unpaired) electrons. The third-order valence-electron chi connectivity index (χ3n) is 10.4. The van der Waals surface area contributed by atoms with Crippen molar-refractivity contribution in [2.24, 2.45) is 0 Å². The number of unbranched alkanes of at least 4 members (excludes halogenated alkanes) is 7. The standard InChI is InChI=1S/C44H42N4/c45-41-27-37-35-21-11-13-23-43(35)47(29-39(37)31-17-7-9-19-33(31)41)25-15-5-3-1-2-4-6-16-26-48-30-40-32-18-8-10-20-34(32)42(46)28-38(40)36-22-12-14-24-44(36)48/h7-14,17-24,27-30,45-46H,1-6,15-16,25-26H2/p+2. The molecule has 238 valence electrons. The van der Waals surface area contributed by atoms with Gasteiger partial charge in [0.05, 0.1) is 21.5 Å². The van der Waals surface area contributed by atoms with Crippen LogP contribution in [0, 0.1) is 0 Å². The highest BCUT2D eigenvalue weighted by Gasteiger charge is 2.17. The molecule has 8 aromatic rings. The van der Waals surface area contributed by atoms with Crippen molar-refractivity contribution < 1.29 is 9.13 Å². The number of fused-ring (bicyclic) bond motifs is 10. The normalized spacial score (nSPS) is 11.9. The molecule has 4 heteroatoms. The molecule has 0 bridgehead atoms. The molecule has 0 atom stereocenters. The lowest BCUT2D eigenvalue weighted by molar-refractivity contribution is -0.670. The Labute approximate surface area is 282 Å². The largest absolute Gasteiger partial charge is 0.398 e. The molecule has 0 unspecified atom stereocenters. The van der Waals surface area contributed by atoms with Gasteiger partial charge >= 0.3 is 0 Å². The molecule has 0 fully saturated rings. The molecule has 0 saturated heterocycles. The van der Waals surface area contributed by atoms with Crippen molar-refractivity contribution in [3.8, 4) is 0 Å². The van der Waals surface area contributed by atoms with Gasteiger partial charge in [-0.1, -0.05) is 98.5 Å².